The second-order valence-corrected chi connectivity index (χ2v) is 6.36. The Kier molecular flexibility index (Phi) is 4.91. The Balaban J connectivity index is 1.68. The number of ether oxygens (including phenoxy) is 1. The number of aromatic nitrogens is 1. The Morgan fingerprint density at radius 3 is 2.62 bits per heavy atom. The van der Waals surface area contributed by atoms with E-state index in [-0.39, 0.29) is 0 Å². The third-order valence-electron chi connectivity index (χ3n) is 3.65. The summed E-state index contributed by atoms with van der Waals surface area (Å²) >= 11 is 1.54. The zero-order chi connectivity index (χ0) is 16.9. The quantitative estimate of drug-likeness (QED) is 0.533. The highest BCUT2D eigenvalue weighted by molar-refractivity contribution is 7.14. The molecule has 122 valence electrons. The largest absolute Gasteiger partial charge is 0.497 e. The number of hydrazone groups is 1. The molecule has 5 heteroatoms. The van der Waals surface area contributed by atoms with Crippen LogP contribution in [0.3, 0.4) is 0 Å². The molecule has 3 rings (SSSR count). The maximum absolute atomic E-state index is 5.14. The number of rotatable bonds is 5. The van der Waals surface area contributed by atoms with Crippen LogP contribution in [0, 0.1) is 13.8 Å². The van der Waals surface area contributed by atoms with Crippen molar-refractivity contribution in [3.63, 3.8) is 0 Å². The standard InChI is InChI=1S/C19H19N3OS/c1-13-4-9-17(14(2)10-13)18-12-24-19(21-18)22-20-11-15-5-7-16(23-3)8-6-15/h4-12H,1-3H3,(H,21,22)/b20-11-. The van der Waals surface area contributed by atoms with E-state index in [2.05, 4.69) is 47.6 Å². The van der Waals surface area contributed by atoms with Crippen molar-refractivity contribution in [3.8, 4) is 17.0 Å². The highest BCUT2D eigenvalue weighted by Gasteiger charge is 2.06. The lowest BCUT2D eigenvalue weighted by Gasteiger charge is -2.03. The molecular weight excluding hydrogens is 318 g/mol. The second kappa shape index (κ2) is 7.27. The van der Waals surface area contributed by atoms with Gasteiger partial charge in [-0.3, -0.25) is 5.43 Å². The first-order valence-corrected chi connectivity index (χ1v) is 8.50. The first-order chi connectivity index (χ1) is 11.7. The molecule has 0 aliphatic rings. The van der Waals surface area contributed by atoms with Crippen molar-refractivity contribution in [3.05, 3.63) is 64.5 Å². The van der Waals surface area contributed by atoms with Crippen molar-refractivity contribution in [2.45, 2.75) is 13.8 Å². The predicted molar refractivity (Wildman–Crippen MR) is 101 cm³/mol. The lowest BCUT2D eigenvalue weighted by atomic mass is 10.0. The van der Waals surface area contributed by atoms with Crippen molar-refractivity contribution in [2.75, 3.05) is 12.5 Å². The SMILES string of the molecule is COc1ccc(/C=N\Nc2nc(-c3ccc(C)cc3C)cs2)cc1. The minimum absolute atomic E-state index is 0.773. The minimum Gasteiger partial charge on any atom is -0.497 e. The van der Waals surface area contributed by atoms with Crippen LogP contribution in [-0.4, -0.2) is 18.3 Å². The summed E-state index contributed by atoms with van der Waals surface area (Å²) in [5.74, 6) is 0.832. The van der Waals surface area contributed by atoms with E-state index in [9.17, 15) is 0 Å². The van der Waals surface area contributed by atoms with E-state index in [1.54, 1.807) is 24.7 Å². The van der Waals surface area contributed by atoms with Crippen LogP contribution in [0.1, 0.15) is 16.7 Å². The summed E-state index contributed by atoms with van der Waals surface area (Å²) in [5.41, 5.74) is 8.60. The average molecular weight is 337 g/mol. The lowest BCUT2D eigenvalue weighted by Crippen LogP contribution is -1.91. The number of hydrogen-bond donors (Lipinski definition) is 1. The van der Waals surface area contributed by atoms with Gasteiger partial charge >= 0.3 is 0 Å². The predicted octanol–water partition coefficient (Wildman–Crippen LogP) is 4.88. The van der Waals surface area contributed by atoms with Crippen LogP contribution in [0.25, 0.3) is 11.3 Å². The van der Waals surface area contributed by atoms with Gasteiger partial charge in [0.1, 0.15) is 5.75 Å². The molecule has 0 saturated carbocycles. The van der Waals surface area contributed by atoms with Gasteiger partial charge in [0, 0.05) is 10.9 Å². The van der Waals surface area contributed by atoms with Gasteiger partial charge in [-0.1, -0.05) is 23.8 Å². The maximum Gasteiger partial charge on any atom is 0.203 e. The normalized spacial score (nSPS) is 11.0. The molecular formula is C19H19N3OS. The fourth-order valence-corrected chi connectivity index (χ4v) is 3.06. The second-order valence-electron chi connectivity index (χ2n) is 5.50. The number of anilines is 1. The van der Waals surface area contributed by atoms with Gasteiger partial charge in [-0.25, -0.2) is 4.98 Å². The number of aryl methyl sites for hydroxylation is 2. The molecule has 0 aliphatic carbocycles. The van der Waals surface area contributed by atoms with E-state index in [4.69, 9.17) is 4.74 Å². The van der Waals surface area contributed by atoms with Crippen molar-refractivity contribution in [2.24, 2.45) is 5.10 Å². The summed E-state index contributed by atoms with van der Waals surface area (Å²) in [6, 6.07) is 14.1. The van der Waals surface area contributed by atoms with E-state index in [0.717, 1.165) is 27.7 Å². The highest BCUT2D eigenvalue weighted by Crippen LogP contribution is 2.27. The van der Waals surface area contributed by atoms with Gasteiger partial charge in [0.05, 0.1) is 19.0 Å². The van der Waals surface area contributed by atoms with E-state index in [1.165, 1.54) is 11.1 Å². The number of methoxy groups -OCH3 is 1. The number of thiazole rings is 1. The Morgan fingerprint density at radius 2 is 1.92 bits per heavy atom. The summed E-state index contributed by atoms with van der Waals surface area (Å²) < 4.78 is 5.14. The van der Waals surface area contributed by atoms with Crippen LogP contribution >= 0.6 is 11.3 Å². The van der Waals surface area contributed by atoms with E-state index >= 15 is 0 Å². The van der Waals surface area contributed by atoms with Crippen LogP contribution < -0.4 is 10.2 Å². The topological polar surface area (TPSA) is 46.5 Å². The van der Waals surface area contributed by atoms with E-state index in [1.807, 2.05) is 29.6 Å². The summed E-state index contributed by atoms with van der Waals surface area (Å²) in [5, 5.41) is 7.06. The summed E-state index contributed by atoms with van der Waals surface area (Å²) in [6.45, 7) is 4.20. The molecule has 0 saturated heterocycles. The maximum atomic E-state index is 5.14. The molecule has 3 aromatic rings. The van der Waals surface area contributed by atoms with Gasteiger partial charge in [-0.15, -0.1) is 11.3 Å². The molecule has 0 aliphatic heterocycles. The zero-order valence-electron chi connectivity index (χ0n) is 13.9. The third-order valence-corrected chi connectivity index (χ3v) is 4.40. The van der Waals surface area contributed by atoms with Gasteiger partial charge in [-0.2, -0.15) is 5.10 Å². The highest BCUT2D eigenvalue weighted by atomic mass is 32.1. The molecule has 1 N–H and O–H groups in total. The monoisotopic (exact) mass is 337 g/mol. The van der Waals surface area contributed by atoms with Crippen LogP contribution in [0.4, 0.5) is 5.13 Å². The molecule has 1 aromatic heterocycles. The first kappa shape index (κ1) is 16.2. The molecule has 0 atom stereocenters. The molecule has 0 spiro atoms. The smallest absolute Gasteiger partial charge is 0.203 e. The van der Waals surface area contributed by atoms with Gasteiger partial charge in [0.2, 0.25) is 5.13 Å². The fourth-order valence-electron chi connectivity index (χ4n) is 2.40. The molecule has 0 fully saturated rings. The molecule has 0 bridgehead atoms. The van der Waals surface area contributed by atoms with Crippen LogP contribution in [0.2, 0.25) is 0 Å². The summed E-state index contributed by atoms with van der Waals surface area (Å²) in [4.78, 5) is 4.60. The Morgan fingerprint density at radius 1 is 1.12 bits per heavy atom. The number of hydrogen-bond acceptors (Lipinski definition) is 5. The van der Waals surface area contributed by atoms with Gasteiger partial charge in [-0.05, 0) is 49.2 Å². The van der Waals surface area contributed by atoms with Crippen molar-refractivity contribution in [1.82, 2.24) is 4.98 Å². The Hall–Kier alpha value is -2.66. The van der Waals surface area contributed by atoms with Crippen LogP contribution in [0.5, 0.6) is 5.75 Å². The molecule has 0 amide bonds. The van der Waals surface area contributed by atoms with E-state index in [0.29, 0.717) is 0 Å². The molecule has 4 nitrogen and oxygen atoms in total. The molecule has 0 radical (unpaired) electrons. The van der Waals surface area contributed by atoms with Crippen molar-refractivity contribution in [1.29, 1.82) is 0 Å². The summed E-state index contributed by atoms with van der Waals surface area (Å²) in [6.07, 6.45) is 1.76. The Labute approximate surface area is 145 Å². The lowest BCUT2D eigenvalue weighted by molar-refractivity contribution is 0.415. The number of benzene rings is 2. The third kappa shape index (κ3) is 3.81. The zero-order valence-corrected chi connectivity index (χ0v) is 14.7. The van der Waals surface area contributed by atoms with Gasteiger partial charge < -0.3 is 4.74 Å². The summed E-state index contributed by atoms with van der Waals surface area (Å²) in [7, 11) is 1.65. The molecule has 24 heavy (non-hydrogen) atoms. The average Bonchev–Trinajstić information content (AvgIpc) is 3.04. The molecule has 0 unspecified atom stereocenters. The number of nitrogens with zero attached hydrogens (tertiary/aromatic N) is 2. The molecule has 1 heterocycles. The van der Waals surface area contributed by atoms with Crippen LogP contribution in [0.15, 0.2) is 52.9 Å². The van der Waals surface area contributed by atoms with E-state index < -0.39 is 0 Å². The van der Waals surface area contributed by atoms with Gasteiger partial charge in [0.25, 0.3) is 0 Å². The van der Waals surface area contributed by atoms with Crippen molar-refractivity contribution < 1.29 is 4.74 Å². The first-order valence-electron chi connectivity index (χ1n) is 7.62. The fraction of sp³-hybridized carbons (Fsp3) is 0.158. The number of nitrogens with one attached hydrogen (secondary N) is 1. The van der Waals surface area contributed by atoms with Gasteiger partial charge in [0.15, 0.2) is 0 Å². The van der Waals surface area contributed by atoms with Crippen molar-refractivity contribution >= 4 is 22.7 Å². The Bertz CT molecular complexity index is 853. The minimum atomic E-state index is 0.773. The molecule has 2 aromatic carbocycles. The van der Waals surface area contributed by atoms with Crippen LogP contribution in [-0.2, 0) is 0 Å².